The highest BCUT2D eigenvalue weighted by Gasteiger charge is 2.20. The van der Waals surface area contributed by atoms with Crippen LogP contribution in [0.25, 0.3) is 39.3 Å². The van der Waals surface area contributed by atoms with Gasteiger partial charge in [-0.2, -0.15) is 0 Å². The second-order valence-corrected chi connectivity index (χ2v) is 10.2. The first kappa shape index (κ1) is 26.3. The number of hydrogen-bond donors (Lipinski definition) is 3. The van der Waals surface area contributed by atoms with E-state index in [-0.39, 0.29) is 17.7 Å². The van der Waals surface area contributed by atoms with Gasteiger partial charge in [-0.1, -0.05) is 74.0 Å². The molecule has 5 nitrogen and oxygen atoms in total. The molecular weight excluding hydrogens is 506 g/mol. The summed E-state index contributed by atoms with van der Waals surface area (Å²) in [6, 6.07) is 26.7. The molecule has 6 heteroatoms. The van der Waals surface area contributed by atoms with Crippen LogP contribution >= 0.6 is 11.6 Å². The fraction of sp³-hybridized carbons (Fsp3) is 0.152. The highest BCUT2D eigenvalue weighted by molar-refractivity contribution is 6.31. The van der Waals surface area contributed by atoms with E-state index in [1.807, 2.05) is 73.7 Å². The molecule has 0 bridgehead atoms. The van der Waals surface area contributed by atoms with Gasteiger partial charge in [-0.3, -0.25) is 4.79 Å². The Morgan fingerprint density at radius 1 is 1.00 bits per heavy atom. The lowest BCUT2D eigenvalue weighted by molar-refractivity contribution is 0.0934. The predicted octanol–water partition coefficient (Wildman–Crippen LogP) is 8.66. The number of rotatable bonds is 8. The lowest BCUT2D eigenvalue weighted by atomic mass is 9.92. The molecule has 0 saturated heterocycles. The minimum absolute atomic E-state index is 0.111. The molecule has 39 heavy (non-hydrogen) atoms. The maximum absolute atomic E-state index is 13.3. The largest absolute Gasteiger partial charge is 0.508 e. The number of benzene rings is 4. The maximum Gasteiger partial charge on any atom is 0.251 e. The third kappa shape index (κ3) is 5.59. The van der Waals surface area contributed by atoms with Gasteiger partial charge in [0.05, 0.1) is 17.1 Å². The molecule has 196 valence electrons. The van der Waals surface area contributed by atoms with Gasteiger partial charge in [-0.05, 0) is 78.1 Å². The van der Waals surface area contributed by atoms with Crippen LogP contribution < -0.4 is 5.32 Å². The Labute approximate surface area is 233 Å². The molecule has 5 aromatic rings. The van der Waals surface area contributed by atoms with E-state index in [2.05, 4.69) is 29.9 Å². The molecule has 1 amide bonds. The van der Waals surface area contributed by atoms with E-state index in [0.717, 1.165) is 46.1 Å². The number of hydrogen-bond acceptors (Lipinski definition) is 3. The fourth-order valence-corrected chi connectivity index (χ4v) is 5.07. The lowest BCUT2D eigenvalue weighted by Crippen LogP contribution is -2.28. The van der Waals surface area contributed by atoms with E-state index in [1.54, 1.807) is 12.1 Å². The Bertz CT molecular complexity index is 1670. The van der Waals surface area contributed by atoms with Crippen LogP contribution in [0.3, 0.4) is 0 Å². The molecule has 0 aliphatic heterocycles. The third-order valence-electron chi connectivity index (χ3n) is 6.84. The van der Waals surface area contributed by atoms with E-state index in [9.17, 15) is 9.90 Å². The second-order valence-electron chi connectivity index (χ2n) is 9.73. The van der Waals surface area contributed by atoms with Crippen molar-refractivity contribution in [2.75, 3.05) is 0 Å². The van der Waals surface area contributed by atoms with Crippen molar-refractivity contribution in [3.8, 4) is 22.5 Å². The summed E-state index contributed by atoms with van der Waals surface area (Å²) in [4.78, 5) is 21.5. The number of halogens is 1. The standard InChI is InChI=1S/C33H30ClN3O2/c1-4-8-29(22-9-6-5-7-10-22)37-33(39)23-12-14-25(27(18-23)21(3)38)28-19-24(34)13-15-26(28)32-35-30-16-11-20(2)17-31(30)36-32/h5-7,9-19,29,38H,3-4,8H2,1-2H3,(H,35,36)(H,37,39)/t29-/m1/s1. The molecule has 5 rings (SSSR count). The summed E-state index contributed by atoms with van der Waals surface area (Å²) < 4.78 is 0. The average Bonchev–Trinajstić information content (AvgIpc) is 3.35. The number of nitrogens with zero attached hydrogens (tertiary/aromatic N) is 1. The highest BCUT2D eigenvalue weighted by atomic mass is 35.5. The number of aromatic nitrogens is 2. The van der Waals surface area contributed by atoms with Crippen molar-refractivity contribution in [3.63, 3.8) is 0 Å². The number of amides is 1. The van der Waals surface area contributed by atoms with Crippen molar-refractivity contribution in [1.82, 2.24) is 15.3 Å². The zero-order valence-electron chi connectivity index (χ0n) is 22.0. The van der Waals surface area contributed by atoms with E-state index in [0.29, 0.717) is 27.5 Å². The van der Waals surface area contributed by atoms with E-state index in [4.69, 9.17) is 16.6 Å². The summed E-state index contributed by atoms with van der Waals surface area (Å²) in [5.41, 5.74) is 7.15. The minimum Gasteiger partial charge on any atom is -0.508 e. The van der Waals surface area contributed by atoms with Gasteiger partial charge in [0, 0.05) is 21.7 Å². The topological polar surface area (TPSA) is 78.0 Å². The smallest absolute Gasteiger partial charge is 0.251 e. The van der Waals surface area contributed by atoms with Crippen LogP contribution in [0.15, 0.2) is 91.5 Å². The third-order valence-corrected chi connectivity index (χ3v) is 7.08. The van der Waals surface area contributed by atoms with Crippen LogP contribution in [-0.4, -0.2) is 21.0 Å². The van der Waals surface area contributed by atoms with Crippen LogP contribution in [0.1, 0.15) is 52.9 Å². The molecule has 1 atom stereocenters. The second kappa shape index (κ2) is 11.2. The number of fused-ring (bicyclic) bond motifs is 1. The Hall–Kier alpha value is -4.35. The summed E-state index contributed by atoms with van der Waals surface area (Å²) in [6.45, 7) is 7.92. The highest BCUT2D eigenvalue weighted by Crippen LogP contribution is 2.37. The monoisotopic (exact) mass is 535 g/mol. The van der Waals surface area contributed by atoms with Gasteiger partial charge >= 0.3 is 0 Å². The zero-order chi connectivity index (χ0) is 27.5. The van der Waals surface area contributed by atoms with Crippen LogP contribution in [0, 0.1) is 6.92 Å². The summed E-state index contributed by atoms with van der Waals surface area (Å²) in [7, 11) is 0. The first-order valence-electron chi connectivity index (χ1n) is 13.0. The lowest BCUT2D eigenvalue weighted by Gasteiger charge is -2.19. The fourth-order valence-electron chi connectivity index (χ4n) is 4.89. The van der Waals surface area contributed by atoms with Crippen LogP contribution in [0.5, 0.6) is 0 Å². The summed E-state index contributed by atoms with van der Waals surface area (Å²) in [5.74, 6) is 0.327. The average molecular weight is 536 g/mol. The molecule has 0 aliphatic carbocycles. The van der Waals surface area contributed by atoms with Crippen molar-refractivity contribution >= 4 is 34.3 Å². The number of aromatic amines is 1. The molecule has 1 aromatic heterocycles. The van der Waals surface area contributed by atoms with Crippen LogP contribution in [0.2, 0.25) is 5.02 Å². The van der Waals surface area contributed by atoms with Gasteiger partial charge in [0.25, 0.3) is 5.91 Å². The number of nitrogens with one attached hydrogen (secondary N) is 2. The Morgan fingerprint density at radius 3 is 2.51 bits per heavy atom. The van der Waals surface area contributed by atoms with E-state index in [1.165, 1.54) is 0 Å². The molecule has 0 aliphatic rings. The van der Waals surface area contributed by atoms with Crippen molar-refractivity contribution in [2.24, 2.45) is 0 Å². The van der Waals surface area contributed by atoms with Gasteiger partial charge in [0.15, 0.2) is 0 Å². The summed E-state index contributed by atoms with van der Waals surface area (Å²) >= 11 is 6.43. The normalized spacial score (nSPS) is 11.9. The van der Waals surface area contributed by atoms with Gasteiger partial charge in [0.2, 0.25) is 0 Å². The van der Waals surface area contributed by atoms with Gasteiger partial charge < -0.3 is 15.4 Å². The Kier molecular flexibility index (Phi) is 7.53. The molecule has 1 heterocycles. The summed E-state index contributed by atoms with van der Waals surface area (Å²) in [5, 5.41) is 14.3. The van der Waals surface area contributed by atoms with Crippen molar-refractivity contribution < 1.29 is 9.90 Å². The van der Waals surface area contributed by atoms with Crippen LogP contribution in [-0.2, 0) is 0 Å². The van der Waals surface area contributed by atoms with Gasteiger partial charge in [-0.25, -0.2) is 4.98 Å². The SMILES string of the molecule is C=C(O)c1cc(C(=O)N[C@H](CCC)c2ccccc2)ccc1-c1cc(Cl)ccc1-c1nc2ccc(C)cc2[nH]1. The first-order chi connectivity index (χ1) is 18.8. The van der Waals surface area contributed by atoms with E-state index >= 15 is 0 Å². The molecule has 3 N–H and O–H groups in total. The molecule has 0 saturated carbocycles. The Morgan fingerprint density at radius 2 is 1.77 bits per heavy atom. The number of imidazole rings is 1. The zero-order valence-corrected chi connectivity index (χ0v) is 22.7. The molecule has 0 radical (unpaired) electrons. The first-order valence-corrected chi connectivity index (χ1v) is 13.4. The minimum atomic E-state index is -0.217. The molecule has 4 aromatic carbocycles. The Balaban J connectivity index is 1.54. The number of carbonyl (C=O) groups excluding carboxylic acids is 1. The van der Waals surface area contributed by atoms with Crippen molar-refractivity contribution in [2.45, 2.75) is 32.7 Å². The van der Waals surface area contributed by atoms with E-state index < -0.39 is 0 Å². The number of aliphatic hydroxyl groups excluding tert-OH is 1. The molecule has 0 unspecified atom stereocenters. The number of aryl methyl sites for hydroxylation is 1. The van der Waals surface area contributed by atoms with Crippen molar-refractivity contribution in [1.29, 1.82) is 0 Å². The number of aliphatic hydroxyl groups is 1. The molecule has 0 fully saturated rings. The quantitative estimate of drug-likeness (QED) is 0.174. The van der Waals surface area contributed by atoms with Crippen molar-refractivity contribution in [3.05, 3.63) is 119 Å². The number of carbonyl (C=O) groups is 1. The van der Waals surface area contributed by atoms with Crippen LogP contribution in [0.4, 0.5) is 0 Å². The number of H-pyrrole nitrogens is 1. The predicted molar refractivity (Wildman–Crippen MR) is 160 cm³/mol. The molecular formula is C33H30ClN3O2. The molecule has 0 spiro atoms. The summed E-state index contributed by atoms with van der Waals surface area (Å²) in [6.07, 6.45) is 1.74. The van der Waals surface area contributed by atoms with Gasteiger partial charge in [0.1, 0.15) is 11.6 Å². The van der Waals surface area contributed by atoms with Gasteiger partial charge in [-0.15, -0.1) is 0 Å². The maximum atomic E-state index is 13.3.